The maximum Gasteiger partial charge on any atom is 0.314 e. The van der Waals surface area contributed by atoms with Crippen LogP contribution in [0.15, 0.2) is 24.4 Å². The van der Waals surface area contributed by atoms with Crippen molar-refractivity contribution in [2.45, 2.75) is 19.8 Å². The van der Waals surface area contributed by atoms with Gasteiger partial charge in [0.15, 0.2) is 0 Å². The Morgan fingerprint density at radius 3 is 2.79 bits per heavy atom. The van der Waals surface area contributed by atoms with Gasteiger partial charge in [-0.1, -0.05) is 6.07 Å². The van der Waals surface area contributed by atoms with Gasteiger partial charge in [-0.3, -0.25) is 0 Å². The molecule has 0 aliphatic carbocycles. The van der Waals surface area contributed by atoms with E-state index in [0.717, 1.165) is 38.3 Å². The molecule has 5 heteroatoms. The van der Waals surface area contributed by atoms with Crippen molar-refractivity contribution in [1.29, 1.82) is 0 Å². The van der Waals surface area contributed by atoms with Gasteiger partial charge in [0.2, 0.25) is 0 Å². The molecule has 1 aromatic rings. The minimum Gasteiger partial charge on any atom is -0.357 e. The number of pyridine rings is 1. The third-order valence-electron chi connectivity index (χ3n) is 3.48. The zero-order chi connectivity index (χ0) is 13.5. The summed E-state index contributed by atoms with van der Waals surface area (Å²) in [6.07, 6.45) is 4.03. The molecule has 19 heavy (non-hydrogen) atoms. The number of aromatic nitrogens is 1. The van der Waals surface area contributed by atoms with Gasteiger partial charge in [0.05, 0.1) is 0 Å². The molecule has 1 aliphatic rings. The SMILES string of the molecule is CCNC(=O)NCC1CCN(c2ccccn2)CC1. The van der Waals surface area contributed by atoms with Gasteiger partial charge >= 0.3 is 6.03 Å². The summed E-state index contributed by atoms with van der Waals surface area (Å²) in [7, 11) is 0. The van der Waals surface area contributed by atoms with Crippen molar-refractivity contribution in [3.63, 3.8) is 0 Å². The Balaban J connectivity index is 1.72. The first kappa shape index (κ1) is 13.6. The Hall–Kier alpha value is -1.78. The maximum absolute atomic E-state index is 11.3. The van der Waals surface area contributed by atoms with E-state index < -0.39 is 0 Å². The minimum absolute atomic E-state index is 0.0605. The molecule has 1 fully saturated rings. The highest BCUT2D eigenvalue weighted by Crippen LogP contribution is 2.20. The molecule has 5 nitrogen and oxygen atoms in total. The lowest BCUT2D eigenvalue weighted by Crippen LogP contribution is -2.42. The molecular formula is C14H22N4O. The largest absolute Gasteiger partial charge is 0.357 e. The van der Waals surface area contributed by atoms with Crippen molar-refractivity contribution < 1.29 is 4.79 Å². The lowest BCUT2D eigenvalue weighted by molar-refractivity contribution is 0.238. The summed E-state index contributed by atoms with van der Waals surface area (Å²) in [4.78, 5) is 18.0. The standard InChI is InChI=1S/C14H22N4O/c1-2-15-14(19)17-11-12-6-9-18(10-7-12)13-5-3-4-8-16-13/h3-5,8,12H,2,6-7,9-11H2,1H3,(H2,15,17,19). The molecule has 2 heterocycles. The second-order valence-corrected chi connectivity index (χ2v) is 4.86. The average molecular weight is 262 g/mol. The first-order chi connectivity index (χ1) is 9.29. The number of carbonyl (C=O) groups is 1. The molecule has 0 spiro atoms. The third-order valence-corrected chi connectivity index (χ3v) is 3.48. The summed E-state index contributed by atoms with van der Waals surface area (Å²) < 4.78 is 0. The zero-order valence-electron chi connectivity index (χ0n) is 11.4. The summed E-state index contributed by atoms with van der Waals surface area (Å²) >= 11 is 0. The van der Waals surface area contributed by atoms with Gasteiger partial charge in [0.25, 0.3) is 0 Å². The van der Waals surface area contributed by atoms with Crippen molar-refractivity contribution in [1.82, 2.24) is 15.6 Å². The lowest BCUT2D eigenvalue weighted by atomic mass is 9.97. The van der Waals surface area contributed by atoms with Crippen LogP contribution in [0.3, 0.4) is 0 Å². The summed E-state index contributed by atoms with van der Waals surface area (Å²) in [5, 5.41) is 5.67. The molecule has 0 aromatic carbocycles. The molecule has 2 amide bonds. The smallest absolute Gasteiger partial charge is 0.314 e. The van der Waals surface area contributed by atoms with E-state index >= 15 is 0 Å². The molecule has 104 valence electrons. The van der Waals surface area contributed by atoms with E-state index in [2.05, 4.69) is 20.5 Å². The number of hydrogen-bond acceptors (Lipinski definition) is 3. The number of rotatable bonds is 4. The predicted octanol–water partition coefficient (Wildman–Crippen LogP) is 1.62. The Labute approximate surface area is 114 Å². The Morgan fingerprint density at radius 1 is 1.37 bits per heavy atom. The molecule has 0 unspecified atom stereocenters. The van der Waals surface area contributed by atoms with Crippen LogP contribution >= 0.6 is 0 Å². The number of piperidine rings is 1. The number of urea groups is 1. The van der Waals surface area contributed by atoms with Crippen molar-refractivity contribution in [3.05, 3.63) is 24.4 Å². The van der Waals surface area contributed by atoms with Gasteiger partial charge < -0.3 is 15.5 Å². The first-order valence-corrected chi connectivity index (χ1v) is 6.97. The van der Waals surface area contributed by atoms with Crippen LogP contribution in [-0.2, 0) is 0 Å². The van der Waals surface area contributed by atoms with Gasteiger partial charge in [-0.2, -0.15) is 0 Å². The quantitative estimate of drug-likeness (QED) is 0.867. The Morgan fingerprint density at radius 2 is 2.16 bits per heavy atom. The lowest BCUT2D eigenvalue weighted by Gasteiger charge is -2.32. The summed E-state index contributed by atoms with van der Waals surface area (Å²) in [6.45, 7) is 5.38. The predicted molar refractivity (Wildman–Crippen MR) is 76.2 cm³/mol. The molecule has 1 saturated heterocycles. The fourth-order valence-electron chi connectivity index (χ4n) is 2.37. The van der Waals surface area contributed by atoms with Crippen LogP contribution in [0.25, 0.3) is 0 Å². The molecule has 0 saturated carbocycles. The van der Waals surface area contributed by atoms with Crippen molar-refractivity contribution in [2.24, 2.45) is 5.92 Å². The van der Waals surface area contributed by atoms with E-state index in [1.165, 1.54) is 0 Å². The highest BCUT2D eigenvalue weighted by atomic mass is 16.2. The first-order valence-electron chi connectivity index (χ1n) is 6.97. The summed E-state index contributed by atoms with van der Waals surface area (Å²) in [6, 6.07) is 5.94. The summed E-state index contributed by atoms with van der Waals surface area (Å²) in [5.74, 6) is 1.63. The molecule has 0 bridgehead atoms. The number of nitrogens with one attached hydrogen (secondary N) is 2. The van der Waals surface area contributed by atoms with Crippen LogP contribution in [0.1, 0.15) is 19.8 Å². The minimum atomic E-state index is -0.0605. The van der Waals surface area contributed by atoms with Crippen molar-refractivity contribution in [3.8, 4) is 0 Å². The highest BCUT2D eigenvalue weighted by molar-refractivity contribution is 5.73. The maximum atomic E-state index is 11.3. The monoisotopic (exact) mass is 262 g/mol. The van der Waals surface area contributed by atoms with E-state index in [-0.39, 0.29) is 6.03 Å². The number of anilines is 1. The molecule has 2 N–H and O–H groups in total. The normalized spacial score (nSPS) is 16.2. The molecule has 1 aromatic heterocycles. The van der Waals surface area contributed by atoms with E-state index in [0.29, 0.717) is 12.5 Å². The Bertz CT molecular complexity index is 388. The van der Waals surface area contributed by atoms with Crippen LogP contribution in [0.5, 0.6) is 0 Å². The van der Waals surface area contributed by atoms with Crippen LogP contribution in [0.4, 0.5) is 10.6 Å². The number of amides is 2. The van der Waals surface area contributed by atoms with Crippen molar-refractivity contribution in [2.75, 3.05) is 31.1 Å². The number of hydrogen-bond donors (Lipinski definition) is 2. The van der Waals surface area contributed by atoms with Gasteiger partial charge in [-0.05, 0) is 37.8 Å². The van der Waals surface area contributed by atoms with Gasteiger partial charge in [-0.15, -0.1) is 0 Å². The van der Waals surface area contributed by atoms with E-state index in [1.54, 1.807) is 0 Å². The molecule has 0 atom stereocenters. The zero-order valence-corrected chi connectivity index (χ0v) is 11.4. The second-order valence-electron chi connectivity index (χ2n) is 4.86. The van der Waals surface area contributed by atoms with Gasteiger partial charge in [0.1, 0.15) is 5.82 Å². The van der Waals surface area contributed by atoms with Gasteiger partial charge in [-0.25, -0.2) is 9.78 Å². The van der Waals surface area contributed by atoms with Gasteiger partial charge in [0, 0.05) is 32.4 Å². The van der Waals surface area contributed by atoms with Crippen LogP contribution < -0.4 is 15.5 Å². The molecular weight excluding hydrogens is 240 g/mol. The fourth-order valence-corrected chi connectivity index (χ4v) is 2.37. The van der Waals surface area contributed by atoms with Crippen molar-refractivity contribution >= 4 is 11.8 Å². The summed E-state index contributed by atoms with van der Waals surface area (Å²) in [5.41, 5.74) is 0. The number of nitrogens with zero attached hydrogens (tertiary/aromatic N) is 2. The average Bonchev–Trinajstić information content (AvgIpc) is 2.47. The molecule has 2 rings (SSSR count). The number of carbonyl (C=O) groups excluding carboxylic acids is 1. The van der Waals surface area contributed by atoms with Crippen LogP contribution in [0, 0.1) is 5.92 Å². The third kappa shape index (κ3) is 4.12. The van der Waals surface area contributed by atoms with E-state index in [1.807, 2.05) is 31.3 Å². The Kier molecular flexibility index (Phi) is 5.01. The topological polar surface area (TPSA) is 57.3 Å². The molecule has 1 aliphatic heterocycles. The highest BCUT2D eigenvalue weighted by Gasteiger charge is 2.20. The second kappa shape index (κ2) is 6.97. The van der Waals surface area contributed by atoms with Crippen LogP contribution in [0.2, 0.25) is 0 Å². The van der Waals surface area contributed by atoms with Crippen LogP contribution in [-0.4, -0.2) is 37.2 Å². The van der Waals surface area contributed by atoms with E-state index in [4.69, 9.17) is 0 Å². The van der Waals surface area contributed by atoms with E-state index in [9.17, 15) is 4.79 Å². The molecule has 0 radical (unpaired) electrons. The fraction of sp³-hybridized carbons (Fsp3) is 0.571.